The number of ether oxygens (including phenoxy) is 1. The number of anilines is 1. The molecule has 208 valence electrons. The Labute approximate surface area is 234 Å². The van der Waals surface area contributed by atoms with Crippen molar-refractivity contribution in [3.05, 3.63) is 58.9 Å². The minimum Gasteiger partial charge on any atom is -0.491 e. The molecular formula is C31H36FN7O. The average molecular weight is 542 g/mol. The molecule has 0 amide bonds. The molecule has 5 heterocycles. The van der Waals surface area contributed by atoms with Crippen LogP contribution in [0, 0.1) is 12.3 Å². The smallest absolute Gasteiger partial charge is 0.177 e. The van der Waals surface area contributed by atoms with Crippen molar-refractivity contribution < 1.29 is 9.13 Å². The Balaban J connectivity index is 1.24. The summed E-state index contributed by atoms with van der Waals surface area (Å²) in [4.78, 5) is 27.0. The van der Waals surface area contributed by atoms with E-state index in [0.29, 0.717) is 32.7 Å². The highest BCUT2D eigenvalue weighted by atomic mass is 19.1. The molecule has 0 saturated carbocycles. The lowest BCUT2D eigenvalue weighted by molar-refractivity contribution is 0.275. The molecule has 1 fully saturated rings. The quantitative estimate of drug-likeness (QED) is 0.381. The summed E-state index contributed by atoms with van der Waals surface area (Å²) in [5.41, 5.74) is 7.53. The topological polar surface area (TPSA) is 83.1 Å². The third-order valence-corrected chi connectivity index (χ3v) is 8.52. The highest BCUT2D eigenvalue weighted by Gasteiger charge is 2.32. The molecule has 1 atom stereocenters. The van der Waals surface area contributed by atoms with Gasteiger partial charge in [-0.25, -0.2) is 24.3 Å². The molecule has 1 unspecified atom stereocenters. The number of pyridine rings is 1. The molecule has 7 rings (SSSR count). The monoisotopic (exact) mass is 541 g/mol. The number of halogens is 1. The average Bonchev–Trinajstić information content (AvgIpc) is 3.43. The van der Waals surface area contributed by atoms with E-state index in [9.17, 15) is 4.39 Å². The number of likely N-dealkylation sites (tertiary alicyclic amines) is 1. The maximum atomic E-state index is 13.9. The second-order valence-electron chi connectivity index (χ2n) is 12.4. The fraction of sp³-hybridized carbons (Fsp3) is 0.484. The number of hydrogen-bond acceptors (Lipinski definition) is 7. The fourth-order valence-corrected chi connectivity index (χ4v) is 6.37. The Bertz CT molecular complexity index is 1580. The van der Waals surface area contributed by atoms with Gasteiger partial charge in [0.1, 0.15) is 36.0 Å². The third-order valence-electron chi connectivity index (χ3n) is 8.52. The van der Waals surface area contributed by atoms with Crippen LogP contribution in [-0.4, -0.2) is 62.2 Å². The first-order chi connectivity index (χ1) is 19.3. The molecule has 9 heteroatoms. The van der Waals surface area contributed by atoms with Crippen molar-refractivity contribution in [2.24, 2.45) is 5.41 Å². The van der Waals surface area contributed by atoms with Crippen LogP contribution in [-0.2, 0) is 25.9 Å². The number of nitrogens with zero attached hydrogens (tertiary/aromatic N) is 6. The summed E-state index contributed by atoms with van der Waals surface area (Å²) in [5.74, 6) is 3.58. The first-order valence-corrected chi connectivity index (χ1v) is 14.4. The van der Waals surface area contributed by atoms with Gasteiger partial charge in [-0.2, -0.15) is 0 Å². The van der Waals surface area contributed by atoms with E-state index in [1.165, 1.54) is 5.56 Å². The first kappa shape index (κ1) is 25.4. The van der Waals surface area contributed by atoms with E-state index in [1.54, 1.807) is 0 Å². The Kier molecular flexibility index (Phi) is 6.22. The molecule has 8 nitrogen and oxygen atoms in total. The van der Waals surface area contributed by atoms with Crippen LogP contribution in [0.1, 0.15) is 55.2 Å². The minimum atomic E-state index is -0.750. The molecule has 1 aromatic carbocycles. The number of fused-ring (bicyclic) bond motifs is 3. The van der Waals surface area contributed by atoms with E-state index < -0.39 is 6.17 Å². The number of aryl methyl sites for hydroxylation is 2. The lowest BCUT2D eigenvalue weighted by atomic mass is 9.76. The number of alkyl halides is 1. The van der Waals surface area contributed by atoms with E-state index in [-0.39, 0.29) is 5.41 Å². The lowest BCUT2D eigenvalue weighted by Gasteiger charge is -2.34. The maximum absolute atomic E-state index is 13.9. The summed E-state index contributed by atoms with van der Waals surface area (Å²) in [6.07, 6.45) is 4.74. The van der Waals surface area contributed by atoms with Crippen LogP contribution >= 0.6 is 0 Å². The van der Waals surface area contributed by atoms with Gasteiger partial charge in [0.15, 0.2) is 5.65 Å². The fourth-order valence-electron chi connectivity index (χ4n) is 6.37. The number of benzene rings is 1. The van der Waals surface area contributed by atoms with Gasteiger partial charge in [-0.3, -0.25) is 4.90 Å². The Morgan fingerprint density at radius 2 is 2.02 bits per heavy atom. The third kappa shape index (κ3) is 4.91. The normalized spacial score (nSPS) is 20.7. The van der Waals surface area contributed by atoms with E-state index in [2.05, 4.69) is 62.9 Å². The van der Waals surface area contributed by atoms with Crippen LogP contribution in [0.5, 0.6) is 5.75 Å². The molecule has 1 N–H and O–H groups in total. The van der Waals surface area contributed by atoms with Gasteiger partial charge in [0, 0.05) is 48.2 Å². The van der Waals surface area contributed by atoms with Gasteiger partial charge in [-0.15, -0.1) is 0 Å². The van der Waals surface area contributed by atoms with Crippen molar-refractivity contribution in [1.29, 1.82) is 0 Å². The van der Waals surface area contributed by atoms with Crippen molar-refractivity contribution >= 4 is 17.0 Å². The summed E-state index contributed by atoms with van der Waals surface area (Å²) in [7, 11) is 0. The summed E-state index contributed by atoms with van der Waals surface area (Å²) < 4.78 is 20.1. The molecule has 1 aliphatic carbocycles. The first-order valence-electron chi connectivity index (χ1n) is 14.4. The maximum Gasteiger partial charge on any atom is 0.177 e. The summed E-state index contributed by atoms with van der Waals surface area (Å²) in [6, 6.07) is 8.49. The second-order valence-corrected chi connectivity index (χ2v) is 12.4. The number of imidazole rings is 1. The molecule has 2 aliphatic heterocycles. The summed E-state index contributed by atoms with van der Waals surface area (Å²) in [5, 5.41) is 0. The predicted octanol–water partition coefficient (Wildman–Crippen LogP) is 5.18. The zero-order chi connectivity index (χ0) is 27.4. The highest BCUT2D eigenvalue weighted by Crippen LogP contribution is 2.39. The van der Waals surface area contributed by atoms with E-state index in [1.807, 2.05) is 13.1 Å². The molecule has 0 spiro atoms. The highest BCUT2D eigenvalue weighted by molar-refractivity contribution is 5.78. The molecule has 40 heavy (non-hydrogen) atoms. The van der Waals surface area contributed by atoms with Crippen molar-refractivity contribution in [2.45, 2.75) is 65.7 Å². The lowest BCUT2D eigenvalue weighted by Crippen LogP contribution is -2.32. The van der Waals surface area contributed by atoms with Gasteiger partial charge in [0.05, 0.1) is 18.6 Å². The second kappa shape index (κ2) is 9.80. The molecule has 3 aliphatic rings. The number of hydrogen-bond donors (Lipinski definition) is 1. The molecule has 3 aromatic heterocycles. The summed E-state index contributed by atoms with van der Waals surface area (Å²) in [6.45, 7) is 10.4. The largest absolute Gasteiger partial charge is 0.491 e. The van der Waals surface area contributed by atoms with Crippen LogP contribution in [0.25, 0.3) is 22.3 Å². The van der Waals surface area contributed by atoms with E-state index in [4.69, 9.17) is 14.7 Å². The van der Waals surface area contributed by atoms with Gasteiger partial charge >= 0.3 is 0 Å². The number of aromatic amines is 1. The van der Waals surface area contributed by atoms with Gasteiger partial charge in [-0.1, -0.05) is 19.9 Å². The van der Waals surface area contributed by atoms with Gasteiger partial charge in [-0.05, 0) is 61.8 Å². The van der Waals surface area contributed by atoms with Crippen LogP contribution in [0.2, 0.25) is 0 Å². The predicted molar refractivity (Wildman–Crippen MR) is 153 cm³/mol. The van der Waals surface area contributed by atoms with Crippen molar-refractivity contribution in [3.63, 3.8) is 0 Å². The molecule has 0 bridgehead atoms. The molecule has 4 aromatic rings. The van der Waals surface area contributed by atoms with Crippen LogP contribution in [0.4, 0.5) is 10.2 Å². The number of rotatable bonds is 4. The zero-order valence-electron chi connectivity index (χ0n) is 23.5. The number of nitrogens with one attached hydrogen (secondary N) is 1. The van der Waals surface area contributed by atoms with Crippen molar-refractivity contribution in [3.8, 4) is 16.9 Å². The Hall–Kier alpha value is -3.59. The van der Waals surface area contributed by atoms with Gasteiger partial charge in [0.25, 0.3) is 0 Å². The van der Waals surface area contributed by atoms with Crippen LogP contribution in [0.3, 0.4) is 0 Å². The molecular weight excluding hydrogens is 505 g/mol. The number of H-pyrrole nitrogens is 1. The Morgan fingerprint density at radius 3 is 2.88 bits per heavy atom. The minimum absolute atomic E-state index is 0.202. The van der Waals surface area contributed by atoms with Gasteiger partial charge < -0.3 is 14.6 Å². The number of aromatic nitrogens is 5. The molecule has 0 radical (unpaired) electrons. The van der Waals surface area contributed by atoms with Crippen molar-refractivity contribution in [2.75, 3.05) is 31.1 Å². The molecule has 1 saturated heterocycles. The summed E-state index contributed by atoms with van der Waals surface area (Å²) >= 11 is 0. The standard InChI is InChI=1S/C31H36FN7O/c1-19-34-26-13-21(15-33-29(26)35-19)20-4-5-27-22(12-20)16-39(10-11-40-27)30-24-14-31(2,3)8-6-25(24)36-28(37-30)18-38-9-7-23(32)17-38/h4-5,12-13,15,23H,6-11,14,16-18H2,1-3H3,(H,33,34,35). The van der Waals surface area contributed by atoms with Crippen LogP contribution in [0.15, 0.2) is 30.5 Å². The van der Waals surface area contributed by atoms with Crippen molar-refractivity contribution in [1.82, 2.24) is 29.8 Å². The van der Waals surface area contributed by atoms with E-state index >= 15 is 0 Å². The Morgan fingerprint density at radius 1 is 1.12 bits per heavy atom. The SMILES string of the molecule is Cc1nc2ncc(-c3ccc4c(c3)CN(c3nc(CN5CCC(F)C5)nc5c3CC(C)(C)CC5)CCO4)cc2[nH]1. The van der Waals surface area contributed by atoms with Gasteiger partial charge in [0.2, 0.25) is 0 Å². The van der Waals surface area contributed by atoms with Crippen LogP contribution < -0.4 is 9.64 Å². The van der Waals surface area contributed by atoms with E-state index in [0.717, 1.165) is 89.1 Å². The zero-order valence-corrected chi connectivity index (χ0v) is 23.5.